The zero-order valence-electron chi connectivity index (χ0n) is 12.2. The number of fused-ring (bicyclic) bond motifs is 3. The number of nitrogens with zero attached hydrogens (tertiary/aromatic N) is 1. The molecule has 5 heteroatoms. The van der Waals surface area contributed by atoms with E-state index in [0.29, 0.717) is 0 Å². The van der Waals surface area contributed by atoms with Gasteiger partial charge in [-0.25, -0.2) is 8.42 Å². The highest BCUT2D eigenvalue weighted by molar-refractivity contribution is 7.88. The lowest BCUT2D eigenvalue weighted by molar-refractivity contribution is 0.0218. The van der Waals surface area contributed by atoms with Crippen LogP contribution in [0.5, 0.6) is 0 Å². The molecule has 2 aromatic rings. The molecule has 4 rings (SSSR count). The molecule has 0 aromatic heterocycles. The molecule has 2 aliphatic rings. The van der Waals surface area contributed by atoms with E-state index >= 15 is 0 Å². The smallest absolute Gasteiger partial charge is 0.214 e. The summed E-state index contributed by atoms with van der Waals surface area (Å²) in [6, 6.07) is 17.3. The maximum Gasteiger partial charge on any atom is 0.214 e. The van der Waals surface area contributed by atoms with Crippen LogP contribution in [-0.2, 0) is 21.2 Å². The zero-order valence-corrected chi connectivity index (χ0v) is 13.0. The van der Waals surface area contributed by atoms with E-state index in [4.69, 9.17) is 4.74 Å². The Morgan fingerprint density at radius 1 is 1.05 bits per heavy atom. The van der Waals surface area contributed by atoms with Gasteiger partial charge < -0.3 is 4.74 Å². The number of ether oxygens (including phenoxy) is 1. The second kappa shape index (κ2) is 4.91. The van der Waals surface area contributed by atoms with Crippen LogP contribution >= 0.6 is 0 Å². The van der Waals surface area contributed by atoms with Crippen molar-refractivity contribution in [1.29, 1.82) is 0 Å². The van der Waals surface area contributed by atoms with Crippen LogP contribution in [0, 0.1) is 0 Å². The van der Waals surface area contributed by atoms with Gasteiger partial charge in [0.1, 0.15) is 0 Å². The average Bonchev–Trinajstić information content (AvgIpc) is 3.03. The van der Waals surface area contributed by atoms with Crippen molar-refractivity contribution in [1.82, 2.24) is 4.31 Å². The highest BCUT2D eigenvalue weighted by Gasteiger charge is 2.51. The number of hydrogen-bond donors (Lipinski definition) is 0. The highest BCUT2D eigenvalue weighted by atomic mass is 32.2. The molecule has 1 heterocycles. The van der Waals surface area contributed by atoms with Gasteiger partial charge in [0.25, 0.3) is 0 Å². The minimum atomic E-state index is -3.39. The van der Waals surface area contributed by atoms with Crippen molar-refractivity contribution >= 4 is 10.0 Å². The van der Waals surface area contributed by atoms with E-state index in [2.05, 4.69) is 6.07 Å². The van der Waals surface area contributed by atoms with Gasteiger partial charge in [0.15, 0.2) is 6.23 Å². The molecule has 1 aliphatic heterocycles. The molecule has 0 unspecified atom stereocenters. The van der Waals surface area contributed by atoms with E-state index < -0.39 is 16.3 Å². The Labute approximate surface area is 130 Å². The first-order valence-electron chi connectivity index (χ1n) is 7.32. The van der Waals surface area contributed by atoms with Gasteiger partial charge in [-0.1, -0.05) is 54.6 Å². The first-order chi connectivity index (χ1) is 10.6. The van der Waals surface area contributed by atoms with Crippen molar-refractivity contribution in [2.75, 3.05) is 6.26 Å². The molecular formula is C17H17NO3S. The van der Waals surface area contributed by atoms with Gasteiger partial charge in [0.05, 0.1) is 18.4 Å². The molecule has 2 aromatic carbocycles. The molecule has 1 aliphatic carbocycles. The summed E-state index contributed by atoms with van der Waals surface area (Å²) in [7, 11) is -3.39. The number of rotatable bonds is 2. The van der Waals surface area contributed by atoms with E-state index in [1.165, 1.54) is 16.1 Å². The number of benzene rings is 2. The quantitative estimate of drug-likeness (QED) is 0.856. The molecule has 1 fully saturated rings. The lowest BCUT2D eigenvalue weighted by atomic mass is 10.1. The van der Waals surface area contributed by atoms with Crippen molar-refractivity contribution in [2.24, 2.45) is 0 Å². The van der Waals surface area contributed by atoms with E-state index in [9.17, 15) is 8.42 Å². The number of hydrogen-bond acceptors (Lipinski definition) is 3. The Morgan fingerprint density at radius 3 is 2.45 bits per heavy atom. The number of sulfonamides is 1. The van der Waals surface area contributed by atoms with Crippen molar-refractivity contribution in [2.45, 2.75) is 24.8 Å². The van der Waals surface area contributed by atoms with Gasteiger partial charge in [-0.3, -0.25) is 0 Å². The van der Waals surface area contributed by atoms with Crippen LogP contribution in [0.1, 0.15) is 29.0 Å². The first kappa shape index (κ1) is 13.9. The topological polar surface area (TPSA) is 46.6 Å². The Hall–Kier alpha value is -1.69. The minimum absolute atomic E-state index is 0.114. The molecule has 114 valence electrons. The Kier molecular flexibility index (Phi) is 3.11. The maximum atomic E-state index is 12.4. The summed E-state index contributed by atoms with van der Waals surface area (Å²) in [4.78, 5) is 0. The van der Waals surface area contributed by atoms with Crippen LogP contribution < -0.4 is 0 Å². The predicted octanol–water partition coefficient (Wildman–Crippen LogP) is 2.64. The Morgan fingerprint density at radius 2 is 1.73 bits per heavy atom. The third-order valence-corrected chi connectivity index (χ3v) is 5.61. The fourth-order valence-corrected chi connectivity index (χ4v) is 4.74. The van der Waals surface area contributed by atoms with Crippen LogP contribution in [-0.4, -0.2) is 25.1 Å². The molecule has 1 saturated heterocycles. The molecule has 4 nitrogen and oxygen atoms in total. The van der Waals surface area contributed by atoms with Crippen molar-refractivity contribution < 1.29 is 13.2 Å². The zero-order chi connectivity index (χ0) is 15.3. The first-order valence-corrected chi connectivity index (χ1v) is 9.17. The van der Waals surface area contributed by atoms with Gasteiger partial charge in [-0.15, -0.1) is 0 Å². The molecule has 0 bridgehead atoms. The molecule has 0 amide bonds. The second-order valence-electron chi connectivity index (χ2n) is 5.88. The predicted molar refractivity (Wildman–Crippen MR) is 83.6 cm³/mol. The van der Waals surface area contributed by atoms with Crippen LogP contribution in [0.25, 0.3) is 0 Å². The molecule has 0 spiro atoms. The summed E-state index contributed by atoms with van der Waals surface area (Å²) >= 11 is 0. The summed E-state index contributed by atoms with van der Waals surface area (Å²) < 4.78 is 32.5. The molecule has 22 heavy (non-hydrogen) atoms. The lowest BCUT2D eigenvalue weighted by Crippen LogP contribution is -2.32. The van der Waals surface area contributed by atoms with Crippen molar-refractivity contribution in [3.8, 4) is 0 Å². The summed E-state index contributed by atoms with van der Waals surface area (Å²) in [5.41, 5.74) is 3.12. The largest absolute Gasteiger partial charge is 0.352 e. The normalized spacial score (nSPS) is 27.6. The minimum Gasteiger partial charge on any atom is -0.352 e. The van der Waals surface area contributed by atoms with Gasteiger partial charge in [-0.2, -0.15) is 4.31 Å². The van der Waals surface area contributed by atoms with E-state index in [0.717, 1.165) is 17.5 Å². The van der Waals surface area contributed by atoms with Crippen LogP contribution in [0.3, 0.4) is 0 Å². The fraction of sp³-hybridized carbons (Fsp3) is 0.294. The molecule has 0 saturated carbocycles. The average molecular weight is 315 g/mol. The monoisotopic (exact) mass is 315 g/mol. The van der Waals surface area contributed by atoms with Crippen molar-refractivity contribution in [3.05, 3.63) is 71.3 Å². The Balaban J connectivity index is 1.83. The standard InChI is InChI=1S/C17H17NO3S/c1-22(19,20)18-16-14-10-6-5-9-13(14)11-15(16)21-17(18)12-7-3-2-4-8-12/h2-10,15-17H,11H2,1H3/t15-,16+,17+/m0/s1. The summed E-state index contributed by atoms with van der Waals surface area (Å²) in [5.74, 6) is 0. The molecule has 3 atom stereocenters. The third-order valence-electron chi connectivity index (χ3n) is 4.42. The van der Waals surface area contributed by atoms with Crippen LogP contribution in [0.4, 0.5) is 0 Å². The molecule has 0 radical (unpaired) electrons. The summed E-state index contributed by atoms with van der Waals surface area (Å²) in [6.45, 7) is 0. The van der Waals surface area contributed by atoms with Gasteiger partial charge >= 0.3 is 0 Å². The second-order valence-corrected chi connectivity index (χ2v) is 7.77. The molecular weight excluding hydrogens is 298 g/mol. The van der Waals surface area contributed by atoms with E-state index in [1.54, 1.807) is 0 Å². The van der Waals surface area contributed by atoms with Crippen LogP contribution in [0.15, 0.2) is 54.6 Å². The van der Waals surface area contributed by atoms with Gasteiger partial charge in [0, 0.05) is 6.42 Å². The highest BCUT2D eigenvalue weighted by Crippen LogP contribution is 2.50. The lowest BCUT2D eigenvalue weighted by Gasteiger charge is -2.26. The summed E-state index contributed by atoms with van der Waals surface area (Å²) in [6.07, 6.45) is 1.36. The fourth-order valence-electron chi connectivity index (χ4n) is 3.56. The Bertz CT molecular complexity index is 804. The van der Waals surface area contributed by atoms with E-state index in [-0.39, 0.29) is 12.1 Å². The van der Waals surface area contributed by atoms with Crippen LogP contribution in [0.2, 0.25) is 0 Å². The van der Waals surface area contributed by atoms with E-state index in [1.807, 2.05) is 48.5 Å². The van der Waals surface area contributed by atoms with Gasteiger partial charge in [-0.05, 0) is 16.7 Å². The third kappa shape index (κ3) is 2.08. The SMILES string of the molecule is CS(=O)(=O)N1[C@@H](c2ccccc2)O[C@H]2Cc3ccccc3[C@H]21. The van der Waals surface area contributed by atoms with Crippen molar-refractivity contribution in [3.63, 3.8) is 0 Å². The summed E-state index contributed by atoms with van der Waals surface area (Å²) in [5, 5.41) is 0. The molecule has 0 N–H and O–H groups in total. The van der Waals surface area contributed by atoms with Gasteiger partial charge in [0.2, 0.25) is 10.0 Å². The maximum absolute atomic E-state index is 12.4.